The van der Waals surface area contributed by atoms with Gasteiger partial charge in [0, 0.05) is 12.6 Å². The van der Waals surface area contributed by atoms with Gasteiger partial charge in [0.05, 0.1) is 6.04 Å². The summed E-state index contributed by atoms with van der Waals surface area (Å²) in [5.74, 6) is -5.46. The van der Waals surface area contributed by atoms with Gasteiger partial charge in [-0.25, -0.2) is 17.6 Å². The summed E-state index contributed by atoms with van der Waals surface area (Å²) in [6.45, 7) is 0.334. The normalized spacial score (nSPS) is 17.7. The van der Waals surface area contributed by atoms with Crippen molar-refractivity contribution in [3.8, 4) is 0 Å². The predicted octanol–water partition coefficient (Wildman–Crippen LogP) is 3.80. The summed E-state index contributed by atoms with van der Waals surface area (Å²) in [5, 5.41) is 0. The largest absolute Gasteiger partial charge is 0.355 e. The fraction of sp³-hybridized carbons (Fsp3) is 0.143. The number of nitrogens with zero attached hydrogens (tertiary/aromatic N) is 1. The van der Waals surface area contributed by atoms with E-state index in [9.17, 15) is 17.6 Å². The molecule has 2 aromatic rings. The summed E-state index contributed by atoms with van der Waals surface area (Å²) in [5.41, 5.74) is 0.220. The van der Waals surface area contributed by atoms with Crippen LogP contribution in [0.2, 0.25) is 0 Å². The molecule has 1 aliphatic heterocycles. The van der Waals surface area contributed by atoms with Gasteiger partial charge in [0.15, 0.2) is 23.3 Å². The van der Waals surface area contributed by atoms with Crippen LogP contribution < -0.4 is 4.90 Å². The van der Waals surface area contributed by atoms with Gasteiger partial charge in [-0.2, -0.15) is 0 Å². The van der Waals surface area contributed by atoms with E-state index >= 15 is 0 Å². The van der Waals surface area contributed by atoms with Crippen molar-refractivity contribution in [2.24, 2.45) is 0 Å². The molecule has 1 nitrogen and oxygen atoms in total. The third kappa shape index (κ3) is 1.95. The van der Waals surface area contributed by atoms with E-state index in [0.29, 0.717) is 6.54 Å². The molecule has 98 valence electrons. The molecule has 1 saturated heterocycles. The third-order valence-electron chi connectivity index (χ3n) is 3.17. The molecule has 0 N–H and O–H groups in total. The zero-order valence-corrected chi connectivity index (χ0v) is 9.71. The molecule has 3 rings (SSSR count). The van der Waals surface area contributed by atoms with Crippen LogP contribution in [-0.4, -0.2) is 6.54 Å². The maximum absolute atomic E-state index is 13.6. The highest BCUT2D eigenvalue weighted by atomic mass is 19.2. The molecule has 5 heteroatoms. The van der Waals surface area contributed by atoms with E-state index in [0.717, 1.165) is 5.56 Å². The molecule has 0 aliphatic carbocycles. The molecule has 19 heavy (non-hydrogen) atoms. The maximum Gasteiger partial charge on any atom is 0.185 e. The molecule has 1 atom stereocenters. The number of hydrogen-bond donors (Lipinski definition) is 0. The zero-order chi connectivity index (χ0) is 13.6. The van der Waals surface area contributed by atoms with Crippen LogP contribution in [-0.2, 0) is 0 Å². The first kappa shape index (κ1) is 12.0. The average molecular weight is 267 g/mol. The van der Waals surface area contributed by atoms with Crippen LogP contribution in [0.3, 0.4) is 0 Å². The SMILES string of the molecule is Fc1cc(F)c(F)c(N2C[C@@H]2c2ccccc2)c1F. The van der Waals surface area contributed by atoms with Crippen molar-refractivity contribution in [2.45, 2.75) is 6.04 Å². The monoisotopic (exact) mass is 267 g/mol. The molecular weight excluding hydrogens is 258 g/mol. The number of benzene rings is 2. The lowest BCUT2D eigenvalue weighted by molar-refractivity contribution is 0.456. The van der Waals surface area contributed by atoms with Gasteiger partial charge in [-0.15, -0.1) is 0 Å². The topological polar surface area (TPSA) is 3.01 Å². The molecule has 0 saturated carbocycles. The number of anilines is 1. The van der Waals surface area contributed by atoms with Crippen LogP contribution in [0.5, 0.6) is 0 Å². The Hall–Kier alpha value is -2.04. The molecule has 0 radical (unpaired) electrons. The predicted molar refractivity (Wildman–Crippen MR) is 62.8 cm³/mol. The average Bonchev–Trinajstić information content (AvgIpc) is 3.18. The first-order valence-electron chi connectivity index (χ1n) is 5.74. The van der Waals surface area contributed by atoms with Crippen LogP contribution in [0.25, 0.3) is 0 Å². The summed E-state index contributed by atoms with van der Waals surface area (Å²) in [6, 6.07) is 8.99. The lowest BCUT2D eigenvalue weighted by Gasteiger charge is -2.10. The van der Waals surface area contributed by atoms with Crippen LogP contribution in [0, 0.1) is 23.3 Å². The summed E-state index contributed by atoms with van der Waals surface area (Å²) >= 11 is 0. The quantitative estimate of drug-likeness (QED) is 0.454. The van der Waals surface area contributed by atoms with Crippen molar-refractivity contribution < 1.29 is 17.6 Å². The first-order valence-corrected chi connectivity index (χ1v) is 5.74. The smallest absolute Gasteiger partial charge is 0.185 e. The van der Waals surface area contributed by atoms with Crippen molar-refractivity contribution in [1.82, 2.24) is 0 Å². The number of hydrogen-bond acceptors (Lipinski definition) is 1. The molecule has 0 spiro atoms. The molecule has 0 bridgehead atoms. The van der Waals surface area contributed by atoms with Gasteiger partial charge in [-0.1, -0.05) is 30.3 Å². The van der Waals surface area contributed by atoms with Gasteiger partial charge in [0.1, 0.15) is 5.69 Å². The van der Waals surface area contributed by atoms with Gasteiger partial charge in [0.25, 0.3) is 0 Å². The van der Waals surface area contributed by atoms with Gasteiger partial charge in [-0.3, -0.25) is 0 Å². The van der Waals surface area contributed by atoms with Crippen molar-refractivity contribution in [3.63, 3.8) is 0 Å². The van der Waals surface area contributed by atoms with Gasteiger partial charge in [-0.05, 0) is 5.56 Å². The molecule has 0 amide bonds. The molecular formula is C14H9F4N. The Kier molecular flexibility index (Phi) is 2.69. The van der Waals surface area contributed by atoms with Crippen molar-refractivity contribution in [1.29, 1.82) is 0 Å². The van der Waals surface area contributed by atoms with E-state index in [4.69, 9.17) is 0 Å². The van der Waals surface area contributed by atoms with Crippen LogP contribution in [0.4, 0.5) is 23.2 Å². The highest BCUT2D eigenvalue weighted by Gasteiger charge is 2.40. The van der Waals surface area contributed by atoms with Crippen LogP contribution in [0.1, 0.15) is 11.6 Å². The van der Waals surface area contributed by atoms with Gasteiger partial charge >= 0.3 is 0 Å². The Balaban J connectivity index is 1.98. The van der Waals surface area contributed by atoms with Gasteiger partial charge < -0.3 is 4.90 Å². The second kappa shape index (κ2) is 4.26. The molecule has 0 aromatic heterocycles. The second-order valence-electron chi connectivity index (χ2n) is 4.40. The van der Waals surface area contributed by atoms with E-state index in [-0.39, 0.29) is 12.1 Å². The molecule has 1 fully saturated rings. The minimum absolute atomic E-state index is 0.217. The third-order valence-corrected chi connectivity index (χ3v) is 3.17. The zero-order valence-electron chi connectivity index (χ0n) is 9.71. The highest BCUT2D eigenvalue weighted by molar-refractivity contribution is 5.58. The molecule has 2 aromatic carbocycles. The van der Waals surface area contributed by atoms with E-state index in [1.807, 2.05) is 6.07 Å². The molecule has 1 aliphatic rings. The standard InChI is InChI=1S/C14H9F4N/c15-9-6-10(16)13(18)14(12(9)17)19-7-11(19)8-4-2-1-3-5-8/h1-6,11H,7H2/t11-,19?/m1/s1. The minimum atomic E-state index is -1.38. The van der Waals surface area contributed by atoms with E-state index in [2.05, 4.69) is 0 Å². The Labute approximate surface area is 107 Å². The summed E-state index contributed by atoms with van der Waals surface area (Å²) in [4.78, 5) is 1.30. The fourth-order valence-electron chi connectivity index (χ4n) is 2.16. The Morgan fingerprint density at radius 3 is 2.05 bits per heavy atom. The fourth-order valence-corrected chi connectivity index (χ4v) is 2.16. The number of halogens is 4. The Morgan fingerprint density at radius 1 is 0.895 bits per heavy atom. The van der Waals surface area contributed by atoms with Crippen molar-refractivity contribution >= 4 is 5.69 Å². The highest BCUT2D eigenvalue weighted by Crippen LogP contribution is 2.43. The number of rotatable bonds is 2. The lowest BCUT2D eigenvalue weighted by Crippen LogP contribution is -2.05. The summed E-state index contributed by atoms with van der Waals surface area (Å²) in [6.07, 6.45) is 0. The van der Waals surface area contributed by atoms with Crippen LogP contribution >= 0.6 is 0 Å². The van der Waals surface area contributed by atoms with E-state index < -0.39 is 29.0 Å². The molecule has 1 heterocycles. The lowest BCUT2D eigenvalue weighted by atomic mass is 10.1. The first-order chi connectivity index (χ1) is 9.09. The molecule has 0 unspecified atom stereocenters. The second-order valence-corrected chi connectivity index (χ2v) is 4.40. The maximum atomic E-state index is 13.6. The van der Waals surface area contributed by atoms with E-state index in [1.54, 1.807) is 24.3 Å². The van der Waals surface area contributed by atoms with E-state index in [1.165, 1.54) is 4.90 Å². The van der Waals surface area contributed by atoms with Crippen molar-refractivity contribution in [3.05, 3.63) is 65.2 Å². The Bertz CT molecular complexity index is 601. The van der Waals surface area contributed by atoms with Gasteiger partial charge in [0.2, 0.25) is 0 Å². The Morgan fingerprint density at radius 2 is 1.47 bits per heavy atom. The summed E-state index contributed by atoms with van der Waals surface area (Å²) < 4.78 is 53.5. The summed E-state index contributed by atoms with van der Waals surface area (Å²) in [7, 11) is 0. The van der Waals surface area contributed by atoms with Crippen LogP contribution in [0.15, 0.2) is 36.4 Å². The van der Waals surface area contributed by atoms with Crippen molar-refractivity contribution in [2.75, 3.05) is 11.4 Å². The minimum Gasteiger partial charge on any atom is -0.355 e.